The minimum absolute atomic E-state index is 0. The molecule has 4 heteroatoms. The monoisotopic (exact) mass is 379 g/mol. The Labute approximate surface area is 158 Å². The molecule has 0 bridgehead atoms. The first-order chi connectivity index (χ1) is 10.7. The van der Waals surface area contributed by atoms with Crippen LogP contribution in [0.5, 0.6) is 0 Å². The molecule has 0 saturated heterocycles. The lowest BCUT2D eigenvalue weighted by molar-refractivity contribution is 0.543. The van der Waals surface area contributed by atoms with Crippen molar-refractivity contribution in [2.24, 2.45) is 0 Å². The van der Waals surface area contributed by atoms with E-state index in [4.69, 9.17) is 23.2 Å². The van der Waals surface area contributed by atoms with Gasteiger partial charge in [0, 0.05) is 16.6 Å². The number of nitrogens with one attached hydrogen (secondary N) is 1. The van der Waals surface area contributed by atoms with Crippen LogP contribution in [-0.4, -0.2) is 6.54 Å². The molecule has 0 spiro atoms. The van der Waals surface area contributed by atoms with Gasteiger partial charge in [-0.15, -0.1) is 12.4 Å². The van der Waals surface area contributed by atoms with Gasteiger partial charge in [-0.1, -0.05) is 94.0 Å². The van der Waals surface area contributed by atoms with E-state index in [1.54, 1.807) is 6.07 Å². The zero-order chi connectivity index (χ0) is 16.0. The zero-order valence-corrected chi connectivity index (χ0v) is 16.7. The Balaban J connectivity index is 0.00000484. The van der Waals surface area contributed by atoms with Gasteiger partial charge in [0.1, 0.15) is 0 Å². The van der Waals surface area contributed by atoms with E-state index in [-0.39, 0.29) is 12.4 Å². The maximum absolute atomic E-state index is 6.15. The highest BCUT2D eigenvalue weighted by molar-refractivity contribution is 6.35. The molecule has 0 heterocycles. The third-order valence-electron chi connectivity index (χ3n) is 4.04. The van der Waals surface area contributed by atoms with Crippen molar-refractivity contribution in [1.29, 1.82) is 0 Å². The molecule has 0 amide bonds. The van der Waals surface area contributed by atoms with Crippen LogP contribution in [0.3, 0.4) is 0 Å². The first kappa shape index (κ1) is 23.1. The van der Waals surface area contributed by atoms with Gasteiger partial charge in [-0.3, -0.25) is 0 Å². The molecular weight excluding hydrogens is 349 g/mol. The molecule has 0 aliphatic rings. The summed E-state index contributed by atoms with van der Waals surface area (Å²) >= 11 is 12.0. The van der Waals surface area contributed by atoms with Crippen LogP contribution in [0.25, 0.3) is 0 Å². The van der Waals surface area contributed by atoms with E-state index >= 15 is 0 Å². The number of halogens is 3. The van der Waals surface area contributed by atoms with Gasteiger partial charge in [0.2, 0.25) is 0 Å². The average Bonchev–Trinajstić information content (AvgIpc) is 2.50. The van der Waals surface area contributed by atoms with Crippen LogP contribution in [0.4, 0.5) is 0 Å². The van der Waals surface area contributed by atoms with Gasteiger partial charge in [0.05, 0.1) is 0 Å². The SMILES string of the molecule is CCCCCCCCCCCCNCc1ccc(Cl)cc1Cl.Cl. The van der Waals surface area contributed by atoms with Gasteiger partial charge in [0.15, 0.2) is 0 Å². The van der Waals surface area contributed by atoms with Gasteiger partial charge in [0.25, 0.3) is 0 Å². The van der Waals surface area contributed by atoms with E-state index in [0.29, 0.717) is 5.02 Å². The Bertz CT molecular complexity index is 396. The summed E-state index contributed by atoms with van der Waals surface area (Å²) in [4.78, 5) is 0. The fourth-order valence-corrected chi connectivity index (χ4v) is 3.10. The lowest BCUT2D eigenvalue weighted by Crippen LogP contribution is -2.14. The van der Waals surface area contributed by atoms with Crippen molar-refractivity contribution in [2.45, 2.75) is 77.7 Å². The third-order valence-corrected chi connectivity index (χ3v) is 4.62. The quantitative estimate of drug-likeness (QED) is 0.351. The number of rotatable bonds is 13. The van der Waals surface area contributed by atoms with Gasteiger partial charge in [-0.2, -0.15) is 0 Å². The van der Waals surface area contributed by atoms with E-state index in [9.17, 15) is 0 Å². The smallest absolute Gasteiger partial charge is 0.0465 e. The van der Waals surface area contributed by atoms with E-state index in [2.05, 4.69) is 12.2 Å². The molecule has 0 fully saturated rings. The third kappa shape index (κ3) is 12.1. The summed E-state index contributed by atoms with van der Waals surface area (Å²) in [5, 5.41) is 4.91. The normalized spacial score (nSPS) is 10.6. The Kier molecular flexibility index (Phi) is 15.6. The number of unbranched alkanes of at least 4 members (excludes halogenated alkanes) is 9. The van der Waals surface area contributed by atoms with Crippen LogP contribution < -0.4 is 5.32 Å². The highest BCUT2D eigenvalue weighted by atomic mass is 35.5. The molecule has 0 unspecified atom stereocenters. The molecule has 1 nitrogen and oxygen atoms in total. The Morgan fingerprint density at radius 2 is 1.39 bits per heavy atom. The van der Waals surface area contributed by atoms with Crippen molar-refractivity contribution in [3.05, 3.63) is 33.8 Å². The molecule has 1 rings (SSSR count). The average molecular weight is 381 g/mol. The van der Waals surface area contributed by atoms with Crippen molar-refractivity contribution in [3.63, 3.8) is 0 Å². The van der Waals surface area contributed by atoms with Crippen LogP contribution in [-0.2, 0) is 6.54 Å². The molecule has 0 atom stereocenters. The maximum Gasteiger partial charge on any atom is 0.0465 e. The fraction of sp³-hybridized carbons (Fsp3) is 0.684. The number of hydrogen-bond acceptors (Lipinski definition) is 1. The van der Waals surface area contributed by atoms with E-state index < -0.39 is 0 Å². The van der Waals surface area contributed by atoms with Crippen molar-refractivity contribution in [3.8, 4) is 0 Å². The van der Waals surface area contributed by atoms with E-state index in [1.165, 1.54) is 64.2 Å². The van der Waals surface area contributed by atoms with Crippen LogP contribution >= 0.6 is 35.6 Å². The van der Waals surface area contributed by atoms with Crippen molar-refractivity contribution < 1.29 is 0 Å². The summed E-state index contributed by atoms with van der Waals surface area (Å²) in [6.45, 7) is 4.16. The van der Waals surface area contributed by atoms with Crippen molar-refractivity contribution in [2.75, 3.05) is 6.54 Å². The second-order valence-electron chi connectivity index (χ2n) is 6.09. The summed E-state index contributed by atoms with van der Waals surface area (Å²) in [5.74, 6) is 0. The summed E-state index contributed by atoms with van der Waals surface area (Å²) < 4.78 is 0. The fourth-order valence-electron chi connectivity index (χ4n) is 2.63. The molecule has 0 aromatic heterocycles. The predicted octanol–water partition coefficient (Wildman–Crippen LogP) is 7.43. The van der Waals surface area contributed by atoms with Gasteiger partial charge >= 0.3 is 0 Å². The molecule has 0 radical (unpaired) electrons. The minimum Gasteiger partial charge on any atom is -0.313 e. The van der Waals surface area contributed by atoms with Crippen LogP contribution in [0.2, 0.25) is 10.0 Å². The number of benzene rings is 1. The highest BCUT2D eigenvalue weighted by Crippen LogP contribution is 2.20. The van der Waals surface area contributed by atoms with Gasteiger partial charge in [-0.05, 0) is 30.7 Å². The van der Waals surface area contributed by atoms with Gasteiger partial charge in [-0.25, -0.2) is 0 Å². The first-order valence-electron chi connectivity index (χ1n) is 8.88. The molecule has 134 valence electrons. The van der Waals surface area contributed by atoms with E-state index in [0.717, 1.165) is 23.7 Å². The van der Waals surface area contributed by atoms with Crippen LogP contribution in [0.15, 0.2) is 18.2 Å². The standard InChI is InChI=1S/C19H31Cl2N.ClH/c1-2-3-4-5-6-7-8-9-10-11-14-22-16-17-12-13-18(20)15-19(17)21;/h12-13,15,22H,2-11,14,16H2,1H3;1H. The second-order valence-corrected chi connectivity index (χ2v) is 6.94. The lowest BCUT2D eigenvalue weighted by atomic mass is 10.1. The Hall–Kier alpha value is 0.0500. The molecule has 1 N–H and O–H groups in total. The molecule has 0 aliphatic heterocycles. The molecule has 1 aromatic rings. The summed E-state index contributed by atoms with van der Waals surface area (Å²) in [7, 11) is 0. The largest absolute Gasteiger partial charge is 0.313 e. The summed E-state index contributed by atoms with van der Waals surface area (Å²) in [5.41, 5.74) is 1.12. The number of hydrogen-bond donors (Lipinski definition) is 1. The molecule has 23 heavy (non-hydrogen) atoms. The van der Waals surface area contributed by atoms with Crippen LogP contribution in [0.1, 0.15) is 76.7 Å². The molecule has 0 saturated carbocycles. The summed E-state index contributed by atoms with van der Waals surface area (Å²) in [6.07, 6.45) is 13.8. The molecule has 1 aromatic carbocycles. The van der Waals surface area contributed by atoms with E-state index in [1.807, 2.05) is 12.1 Å². The highest BCUT2D eigenvalue weighted by Gasteiger charge is 2.00. The second kappa shape index (κ2) is 15.6. The minimum atomic E-state index is 0. The lowest BCUT2D eigenvalue weighted by Gasteiger charge is -2.07. The Morgan fingerprint density at radius 1 is 0.826 bits per heavy atom. The predicted molar refractivity (Wildman–Crippen MR) is 107 cm³/mol. The van der Waals surface area contributed by atoms with Crippen molar-refractivity contribution in [1.82, 2.24) is 5.32 Å². The molecule has 0 aliphatic carbocycles. The van der Waals surface area contributed by atoms with Gasteiger partial charge < -0.3 is 5.32 Å². The van der Waals surface area contributed by atoms with Crippen molar-refractivity contribution >= 4 is 35.6 Å². The van der Waals surface area contributed by atoms with Crippen LogP contribution in [0, 0.1) is 0 Å². The topological polar surface area (TPSA) is 12.0 Å². The zero-order valence-electron chi connectivity index (χ0n) is 14.4. The first-order valence-corrected chi connectivity index (χ1v) is 9.64. The molecular formula is C19H32Cl3N. The summed E-state index contributed by atoms with van der Waals surface area (Å²) in [6, 6.07) is 5.70. The Morgan fingerprint density at radius 3 is 1.96 bits per heavy atom. The maximum atomic E-state index is 6.15.